The molecule has 1 rings (SSSR count). The Balaban J connectivity index is 2.88. The van der Waals surface area contributed by atoms with Crippen LogP contribution in [0.1, 0.15) is 20.8 Å². The Bertz CT molecular complexity index is 586. The maximum absolute atomic E-state index is 13.2. The molecule has 114 valence electrons. The maximum Gasteiger partial charge on any atom is 0.253 e. The van der Waals surface area contributed by atoms with Crippen molar-refractivity contribution in [3.05, 3.63) is 23.5 Å². The molecule has 0 aromatic carbocycles. The van der Waals surface area contributed by atoms with Gasteiger partial charge in [-0.25, -0.2) is 8.42 Å². The van der Waals surface area contributed by atoms with Crippen LogP contribution in [-0.2, 0) is 9.84 Å². The number of hydrogen-bond donors (Lipinski definition) is 1. The molecule has 20 heavy (non-hydrogen) atoms. The summed E-state index contributed by atoms with van der Waals surface area (Å²) in [6, 6.07) is 0. The lowest BCUT2D eigenvalue weighted by Crippen LogP contribution is -2.33. The number of nitrogens with zero attached hydrogens (tertiary/aromatic N) is 1. The van der Waals surface area contributed by atoms with Crippen LogP contribution in [0.5, 0.6) is 0 Å². The Morgan fingerprint density at radius 2 is 1.50 bits per heavy atom. The summed E-state index contributed by atoms with van der Waals surface area (Å²) in [6.07, 6.45) is 0. The minimum absolute atomic E-state index is 0.393. The molecule has 1 aromatic rings. The van der Waals surface area contributed by atoms with E-state index in [0.717, 1.165) is 0 Å². The average Bonchev–Trinajstić information content (AvgIpc) is 2.29. The fraction of sp³-hybridized carbons (Fsp3) is 0.545. The summed E-state index contributed by atoms with van der Waals surface area (Å²) in [5, 5.41) is 2.04. The van der Waals surface area contributed by atoms with E-state index in [9.17, 15) is 26.0 Å². The molecule has 0 atom stereocenters. The summed E-state index contributed by atoms with van der Waals surface area (Å²) >= 11 is 0. The van der Waals surface area contributed by atoms with Crippen molar-refractivity contribution < 1.29 is 26.0 Å². The van der Waals surface area contributed by atoms with Crippen LogP contribution in [0.2, 0.25) is 0 Å². The molecule has 0 aliphatic heterocycles. The lowest BCUT2D eigenvalue weighted by Gasteiger charge is -2.19. The molecular weight excluding hydrogens is 300 g/mol. The van der Waals surface area contributed by atoms with E-state index >= 15 is 0 Å². The molecule has 0 aliphatic carbocycles. The van der Waals surface area contributed by atoms with Gasteiger partial charge < -0.3 is 5.32 Å². The summed E-state index contributed by atoms with van der Waals surface area (Å²) in [4.78, 5) is 2.39. The van der Waals surface area contributed by atoms with Crippen LogP contribution in [0.25, 0.3) is 0 Å². The number of rotatable bonds is 4. The minimum Gasteiger partial charge on any atom is -0.379 e. The average molecular weight is 314 g/mol. The smallest absolute Gasteiger partial charge is 0.253 e. The van der Waals surface area contributed by atoms with E-state index in [2.05, 4.69) is 4.98 Å². The van der Waals surface area contributed by atoms with Crippen LogP contribution in [-0.4, -0.2) is 30.4 Å². The van der Waals surface area contributed by atoms with Crippen molar-refractivity contribution in [3.63, 3.8) is 0 Å². The molecule has 0 saturated heterocycles. The third-order valence-corrected chi connectivity index (χ3v) is 5.21. The lowest BCUT2D eigenvalue weighted by molar-refractivity contribution is 0.411. The molecule has 0 unspecified atom stereocenters. The van der Waals surface area contributed by atoms with Crippen molar-refractivity contribution in [2.75, 3.05) is 17.6 Å². The second-order valence-corrected chi connectivity index (χ2v) is 7.92. The van der Waals surface area contributed by atoms with Crippen molar-refractivity contribution in [1.82, 2.24) is 4.98 Å². The van der Waals surface area contributed by atoms with Gasteiger partial charge in [0.05, 0.1) is 10.5 Å². The van der Waals surface area contributed by atoms with Crippen molar-refractivity contribution >= 4 is 15.5 Å². The molecule has 0 amide bonds. The molecular formula is C11H14F4N2O2S. The predicted octanol–water partition coefficient (Wildman–Crippen LogP) is 2.26. The Kier molecular flexibility index (Phi) is 4.62. The Morgan fingerprint density at radius 3 is 1.90 bits per heavy atom. The number of hydrogen-bond acceptors (Lipinski definition) is 4. The largest absolute Gasteiger partial charge is 0.379 e. The van der Waals surface area contributed by atoms with Crippen LogP contribution in [0.3, 0.4) is 0 Å². The first-order valence-electron chi connectivity index (χ1n) is 5.63. The van der Waals surface area contributed by atoms with Crippen LogP contribution in [0, 0.1) is 23.5 Å². The highest BCUT2D eigenvalue weighted by atomic mass is 32.2. The maximum atomic E-state index is 13.2. The van der Waals surface area contributed by atoms with Gasteiger partial charge in [-0.1, -0.05) is 0 Å². The molecule has 0 spiro atoms. The fourth-order valence-electron chi connectivity index (χ4n) is 1.26. The van der Waals surface area contributed by atoms with E-state index in [-0.39, 0.29) is 0 Å². The van der Waals surface area contributed by atoms with E-state index < -0.39 is 56.1 Å². The van der Waals surface area contributed by atoms with Gasteiger partial charge in [0, 0.05) is 6.54 Å². The monoisotopic (exact) mass is 314 g/mol. The van der Waals surface area contributed by atoms with E-state index in [1.54, 1.807) is 0 Å². The molecule has 1 aromatic heterocycles. The highest BCUT2D eigenvalue weighted by Crippen LogP contribution is 2.22. The zero-order valence-corrected chi connectivity index (χ0v) is 11.9. The van der Waals surface area contributed by atoms with Crippen molar-refractivity contribution in [3.8, 4) is 0 Å². The summed E-state index contributed by atoms with van der Waals surface area (Å²) in [5.74, 6) is -7.44. The third kappa shape index (κ3) is 3.38. The highest BCUT2D eigenvalue weighted by molar-refractivity contribution is 7.92. The van der Waals surface area contributed by atoms with Gasteiger partial charge in [0.25, 0.3) is 11.9 Å². The van der Waals surface area contributed by atoms with E-state index in [1.165, 1.54) is 20.8 Å². The molecule has 0 saturated carbocycles. The third-order valence-electron chi connectivity index (χ3n) is 2.60. The summed E-state index contributed by atoms with van der Waals surface area (Å²) in [6.45, 7) is 4.01. The van der Waals surface area contributed by atoms with E-state index in [4.69, 9.17) is 0 Å². The SMILES string of the molecule is CC(C)(C)S(=O)(=O)CCNc1c(F)c(F)nc(F)c1F. The van der Waals surface area contributed by atoms with Gasteiger partial charge in [0.2, 0.25) is 11.6 Å². The first-order chi connectivity index (χ1) is 8.97. The van der Waals surface area contributed by atoms with E-state index in [1.807, 2.05) is 5.32 Å². The number of nitrogens with one attached hydrogen (secondary N) is 1. The standard InChI is InChI=1S/C11H14F4N2O2S/c1-11(2,3)20(18,19)5-4-16-8-6(12)9(14)17-10(15)7(8)13/h4-5H2,1-3H3,(H,16,17). The van der Waals surface area contributed by atoms with Crippen molar-refractivity contribution in [2.45, 2.75) is 25.5 Å². The van der Waals surface area contributed by atoms with Crippen LogP contribution in [0.4, 0.5) is 23.2 Å². The first kappa shape index (κ1) is 16.7. The Labute approximate surface area is 114 Å². The van der Waals surface area contributed by atoms with Crippen LogP contribution in [0.15, 0.2) is 0 Å². The van der Waals surface area contributed by atoms with Gasteiger partial charge in [-0.15, -0.1) is 0 Å². The van der Waals surface area contributed by atoms with Gasteiger partial charge in [-0.05, 0) is 20.8 Å². The molecule has 9 heteroatoms. The number of sulfone groups is 1. The van der Waals surface area contributed by atoms with Gasteiger partial charge in [0.1, 0.15) is 5.69 Å². The normalized spacial score (nSPS) is 12.6. The molecule has 4 nitrogen and oxygen atoms in total. The van der Waals surface area contributed by atoms with Crippen molar-refractivity contribution in [2.24, 2.45) is 0 Å². The fourth-order valence-corrected chi connectivity index (χ4v) is 2.24. The van der Waals surface area contributed by atoms with Gasteiger partial charge >= 0.3 is 0 Å². The Hall–Kier alpha value is -1.38. The molecule has 0 bridgehead atoms. The quantitative estimate of drug-likeness (QED) is 0.684. The van der Waals surface area contributed by atoms with Gasteiger partial charge in [-0.2, -0.15) is 22.5 Å². The molecule has 0 radical (unpaired) electrons. The molecule has 0 aliphatic rings. The lowest BCUT2D eigenvalue weighted by atomic mass is 10.3. The van der Waals surface area contributed by atoms with Gasteiger partial charge in [-0.3, -0.25) is 0 Å². The van der Waals surface area contributed by atoms with Gasteiger partial charge in [0.15, 0.2) is 9.84 Å². The second-order valence-electron chi connectivity index (χ2n) is 5.05. The summed E-state index contributed by atoms with van der Waals surface area (Å²) < 4.78 is 74.6. The highest BCUT2D eigenvalue weighted by Gasteiger charge is 2.29. The van der Waals surface area contributed by atoms with E-state index in [0.29, 0.717) is 0 Å². The predicted molar refractivity (Wildman–Crippen MR) is 66.1 cm³/mol. The topological polar surface area (TPSA) is 59.1 Å². The number of halogens is 4. The van der Waals surface area contributed by atoms with Crippen LogP contribution < -0.4 is 5.32 Å². The zero-order valence-electron chi connectivity index (χ0n) is 11.1. The first-order valence-corrected chi connectivity index (χ1v) is 7.29. The Morgan fingerprint density at radius 1 is 1.05 bits per heavy atom. The van der Waals surface area contributed by atoms with Crippen LogP contribution >= 0.6 is 0 Å². The molecule has 1 heterocycles. The molecule has 0 fully saturated rings. The molecule has 1 N–H and O–H groups in total. The number of pyridine rings is 1. The number of aromatic nitrogens is 1. The summed E-state index contributed by atoms with van der Waals surface area (Å²) in [5.41, 5.74) is -1.07. The van der Waals surface area contributed by atoms with Crippen molar-refractivity contribution in [1.29, 1.82) is 0 Å². The number of anilines is 1. The zero-order chi connectivity index (χ0) is 15.7. The minimum atomic E-state index is -3.52. The second kappa shape index (κ2) is 5.55. The summed E-state index contributed by atoms with van der Waals surface area (Å²) in [7, 11) is -3.52.